The molecular weight excluding hydrogens is 378 g/mol. The van der Waals surface area contributed by atoms with E-state index in [1.165, 1.54) is 10.4 Å². The second-order valence-corrected chi connectivity index (χ2v) is 8.89. The summed E-state index contributed by atoms with van der Waals surface area (Å²) in [6.07, 6.45) is 0. The van der Waals surface area contributed by atoms with Gasteiger partial charge in [0.15, 0.2) is 0 Å². The van der Waals surface area contributed by atoms with Crippen molar-refractivity contribution in [1.29, 1.82) is 0 Å². The standard InChI is InChI=1S/C20H29N3O4S/c1-8-23(9-2)28(25,26)17-10-12(3)13(4)18(11-17)21-20(24)14(5)19-15(6)22-27-16(19)7/h10-11,14H,8-9H2,1-7H3,(H,21,24). The Hall–Kier alpha value is -2.19. The van der Waals surface area contributed by atoms with Crippen molar-refractivity contribution in [2.24, 2.45) is 0 Å². The highest BCUT2D eigenvalue weighted by atomic mass is 32.2. The maximum atomic E-state index is 12.9. The third-order valence-corrected chi connectivity index (χ3v) is 7.18. The van der Waals surface area contributed by atoms with Gasteiger partial charge in [-0.2, -0.15) is 4.31 Å². The Labute approximate surface area is 167 Å². The van der Waals surface area contributed by atoms with Crippen LogP contribution in [0.2, 0.25) is 0 Å². The van der Waals surface area contributed by atoms with Crippen LogP contribution >= 0.6 is 0 Å². The molecule has 0 radical (unpaired) electrons. The molecule has 1 heterocycles. The van der Waals surface area contributed by atoms with Crippen LogP contribution in [0.25, 0.3) is 0 Å². The molecule has 154 valence electrons. The molecule has 0 aliphatic rings. The van der Waals surface area contributed by atoms with Gasteiger partial charge in [0.1, 0.15) is 5.76 Å². The zero-order chi connectivity index (χ0) is 21.2. The molecule has 1 aromatic heterocycles. The first-order chi connectivity index (χ1) is 13.0. The van der Waals surface area contributed by atoms with Crippen molar-refractivity contribution in [2.45, 2.75) is 59.3 Å². The molecule has 0 aliphatic heterocycles. The fraction of sp³-hybridized carbons (Fsp3) is 0.500. The van der Waals surface area contributed by atoms with Crippen molar-refractivity contribution in [2.75, 3.05) is 18.4 Å². The first kappa shape index (κ1) is 22.1. The fourth-order valence-electron chi connectivity index (χ4n) is 3.30. The van der Waals surface area contributed by atoms with Crippen LogP contribution in [0.5, 0.6) is 0 Å². The lowest BCUT2D eigenvalue weighted by molar-refractivity contribution is -0.117. The number of amides is 1. The van der Waals surface area contributed by atoms with E-state index < -0.39 is 15.9 Å². The van der Waals surface area contributed by atoms with Crippen molar-refractivity contribution in [3.8, 4) is 0 Å². The number of carbonyl (C=O) groups excluding carboxylic acids is 1. The third-order valence-electron chi connectivity index (χ3n) is 5.16. The van der Waals surface area contributed by atoms with Crippen LogP contribution in [-0.2, 0) is 14.8 Å². The molecule has 8 heteroatoms. The zero-order valence-electron chi connectivity index (χ0n) is 17.6. The van der Waals surface area contributed by atoms with Crippen LogP contribution in [0.4, 0.5) is 5.69 Å². The van der Waals surface area contributed by atoms with E-state index in [0.29, 0.717) is 30.2 Å². The molecule has 0 aliphatic carbocycles. The van der Waals surface area contributed by atoms with Gasteiger partial charge in [0.2, 0.25) is 15.9 Å². The van der Waals surface area contributed by atoms with E-state index in [0.717, 1.165) is 16.7 Å². The van der Waals surface area contributed by atoms with E-state index in [1.807, 2.05) is 13.8 Å². The highest BCUT2D eigenvalue weighted by Gasteiger charge is 2.26. The summed E-state index contributed by atoms with van der Waals surface area (Å²) >= 11 is 0. The van der Waals surface area contributed by atoms with Crippen molar-refractivity contribution in [3.05, 3.63) is 40.3 Å². The number of carbonyl (C=O) groups is 1. The smallest absolute Gasteiger partial charge is 0.243 e. The largest absolute Gasteiger partial charge is 0.361 e. The molecule has 2 aromatic rings. The number of sulfonamides is 1. The van der Waals surface area contributed by atoms with E-state index in [4.69, 9.17) is 4.52 Å². The van der Waals surface area contributed by atoms with Crippen LogP contribution in [0.15, 0.2) is 21.6 Å². The molecule has 28 heavy (non-hydrogen) atoms. The number of nitrogens with one attached hydrogen (secondary N) is 1. The lowest BCUT2D eigenvalue weighted by Crippen LogP contribution is -2.31. The second-order valence-electron chi connectivity index (χ2n) is 6.95. The topological polar surface area (TPSA) is 92.5 Å². The van der Waals surface area contributed by atoms with Crippen LogP contribution in [0.1, 0.15) is 54.8 Å². The first-order valence-corrected chi connectivity index (χ1v) is 10.8. The van der Waals surface area contributed by atoms with Gasteiger partial charge in [0, 0.05) is 24.3 Å². The molecule has 0 spiro atoms. The quantitative estimate of drug-likeness (QED) is 0.756. The number of hydrogen-bond acceptors (Lipinski definition) is 5. The predicted octanol–water partition coefficient (Wildman–Crippen LogP) is 3.68. The summed E-state index contributed by atoms with van der Waals surface area (Å²) in [7, 11) is -3.62. The van der Waals surface area contributed by atoms with Crippen LogP contribution < -0.4 is 5.32 Å². The molecule has 1 aromatic carbocycles. The van der Waals surface area contributed by atoms with Gasteiger partial charge in [-0.1, -0.05) is 19.0 Å². The monoisotopic (exact) mass is 407 g/mol. The van der Waals surface area contributed by atoms with Gasteiger partial charge in [0.25, 0.3) is 0 Å². The second kappa shape index (κ2) is 8.45. The number of aromatic nitrogens is 1. The number of anilines is 1. The average molecular weight is 408 g/mol. The predicted molar refractivity (Wildman–Crippen MR) is 109 cm³/mol. The molecule has 1 amide bonds. The number of aryl methyl sites for hydroxylation is 3. The molecule has 1 unspecified atom stereocenters. The van der Waals surface area contributed by atoms with Crippen LogP contribution in [0, 0.1) is 27.7 Å². The van der Waals surface area contributed by atoms with Gasteiger partial charge >= 0.3 is 0 Å². The average Bonchev–Trinajstić information content (AvgIpc) is 2.97. The molecule has 0 fully saturated rings. The van der Waals surface area contributed by atoms with E-state index in [9.17, 15) is 13.2 Å². The molecule has 0 bridgehead atoms. The number of nitrogens with zero attached hydrogens (tertiary/aromatic N) is 2. The van der Waals surface area contributed by atoms with Crippen molar-refractivity contribution in [3.63, 3.8) is 0 Å². The van der Waals surface area contributed by atoms with Crippen molar-refractivity contribution < 1.29 is 17.7 Å². The fourth-order valence-corrected chi connectivity index (χ4v) is 4.87. The van der Waals surface area contributed by atoms with Gasteiger partial charge in [-0.05, 0) is 57.9 Å². The van der Waals surface area contributed by atoms with Crippen molar-refractivity contribution in [1.82, 2.24) is 9.46 Å². The van der Waals surface area contributed by atoms with Crippen LogP contribution in [0.3, 0.4) is 0 Å². The Morgan fingerprint density at radius 2 is 1.79 bits per heavy atom. The molecule has 1 atom stereocenters. The number of rotatable bonds is 7. The molecule has 0 saturated carbocycles. The van der Waals surface area contributed by atoms with Gasteiger partial charge in [-0.15, -0.1) is 0 Å². The Morgan fingerprint density at radius 3 is 2.29 bits per heavy atom. The summed E-state index contributed by atoms with van der Waals surface area (Å²) in [6.45, 7) is 13.4. The minimum absolute atomic E-state index is 0.180. The molecule has 1 N–H and O–H groups in total. The molecule has 2 rings (SSSR count). The summed E-state index contributed by atoms with van der Waals surface area (Å²) in [5.41, 5.74) is 3.55. The first-order valence-electron chi connectivity index (χ1n) is 9.39. The SMILES string of the molecule is CCN(CC)S(=O)(=O)c1cc(C)c(C)c(NC(=O)C(C)c2c(C)noc2C)c1. The summed E-state index contributed by atoms with van der Waals surface area (Å²) in [5, 5.41) is 6.79. The third kappa shape index (κ3) is 4.12. The lowest BCUT2D eigenvalue weighted by Gasteiger charge is -2.21. The summed E-state index contributed by atoms with van der Waals surface area (Å²) < 4.78 is 32.4. The van der Waals surface area contributed by atoms with E-state index in [-0.39, 0.29) is 10.8 Å². The molecule has 7 nitrogen and oxygen atoms in total. The van der Waals surface area contributed by atoms with Crippen LogP contribution in [-0.4, -0.2) is 36.9 Å². The Balaban J connectivity index is 2.41. The zero-order valence-corrected chi connectivity index (χ0v) is 18.4. The van der Waals surface area contributed by atoms with Gasteiger partial charge in [-0.3, -0.25) is 4.79 Å². The summed E-state index contributed by atoms with van der Waals surface area (Å²) in [5.74, 6) is -0.116. The van der Waals surface area contributed by atoms with E-state index in [1.54, 1.807) is 40.7 Å². The van der Waals surface area contributed by atoms with Gasteiger partial charge < -0.3 is 9.84 Å². The van der Waals surface area contributed by atoms with E-state index in [2.05, 4.69) is 10.5 Å². The Kier molecular flexibility index (Phi) is 6.67. The highest BCUT2D eigenvalue weighted by Crippen LogP contribution is 2.29. The summed E-state index contributed by atoms with van der Waals surface area (Å²) in [4.78, 5) is 13.0. The van der Waals surface area contributed by atoms with E-state index >= 15 is 0 Å². The number of hydrogen-bond donors (Lipinski definition) is 1. The molecule has 0 saturated heterocycles. The minimum Gasteiger partial charge on any atom is -0.361 e. The highest BCUT2D eigenvalue weighted by molar-refractivity contribution is 7.89. The van der Waals surface area contributed by atoms with Gasteiger partial charge in [-0.25, -0.2) is 8.42 Å². The Bertz CT molecular complexity index is 956. The number of benzene rings is 1. The van der Waals surface area contributed by atoms with Gasteiger partial charge in [0.05, 0.1) is 16.5 Å². The Morgan fingerprint density at radius 1 is 1.18 bits per heavy atom. The minimum atomic E-state index is -3.62. The maximum Gasteiger partial charge on any atom is 0.243 e. The van der Waals surface area contributed by atoms with Crippen molar-refractivity contribution >= 4 is 21.6 Å². The molecular formula is C20H29N3O4S. The lowest BCUT2D eigenvalue weighted by atomic mass is 9.98. The normalized spacial score (nSPS) is 13.0. The maximum absolute atomic E-state index is 12.9. The summed E-state index contributed by atoms with van der Waals surface area (Å²) in [6, 6.07) is 3.18.